The summed E-state index contributed by atoms with van der Waals surface area (Å²) in [5, 5.41) is 4.96. The summed E-state index contributed by atoms with van der Waals surface area (Å²) in [5.74, 6) is 0. The van der Waals surface area contributed by atoms with Crippen LogP contribution in [0.4, 0.5) is 0 Å². The predicted molar refractivity (Wildman–Crippen MR) is 188 cm³/mol. The molecule has 0 bridgehead atoms. The zero-order valence-corrected chi connectivity index (χ0v) is 25.0. The molecule has 0 unspecified atom stereocenters. The molecule has 0 aliphatic heterocycles. The molecule has 1 spiro atoms. The third kappa shape index (κ3) is 2.89. The smallest absolute Gasteiger partial charge is 0.143 e. The largest absolute Gasteiger partial charge is 0.455 e. The molecule has 0 atom stereocenters. The van der Waals surface area contributed by atoms with Crippen molar-refractivity contribution in [3.05, 3.63) is 168 Å². The van der Waals surface area contributed by atoms with Crippen molar-refractivity contribution in [3.8, 4) is 33.4 Å². The van der Waals surface area contributed by atoms with Crippen molar-refractivity contribution in [3.63, 3.8) is 0 Å². The van der Waals surface area contributed by atoms with Crippen LogP contribution in [-0.2, 0) is 5.41 Å². The van der Waals surface area contributed by atoms with Crippen LogP contribution >= 0.6 is 11.3 Å². The summed E-state index contributed by atoms with van der Waals surface area (Å²) in [4.78, 5) is 0. The van der Waals surface area contributed by atoms with E-state index in [9.17, 15) is 0 Å². The molecule has 2 heteroatoms. The molecular formula is C43H24OS. The van der Waals surface area contributed by atoms with Gasteiger partial charge in [-0.1, -0.05) is 121 Å². The molecule has 0 saturated carbocycles. The minimum Gasteiger partial charge on any atom is -0.455 e. The molecule has 2 aromatic heterocycles. The van der Waals surface area contributed by atoms with Crippen molar-refractivity contribution >= 4 is 53.4 Å². The zero-order chi connectivity index (χ0) is 29.3. The predicted octanol–water partition coefficient (Wildman–Crippen LogP) is 12.0. The molecule has 45 heavy (non-hydrogen) atoms. The van der Waals surface area contributed by atoms with Crippen molar-refractivity contribution < 1.29 is 4.42 Å². The second kappa shape index (κ2) is 8.38. The highest BCUT2D eigenvalue weighted by Crippen LogP contribution is 2.63. The molecule has 11 rings (SSSR count). The first kappa shape index (κ1) is 23.9. The van der Waals surface area contributed by atoms with Gasteiger partial charge >= 0.3 is 0 Å². The standard InChI is InChI=1S/C43H24OS/c1-5-16-35-27(10-1)28-11-2-6-17-36(28)43(35)37-18-7-3-12-29(37)33-23-34-32-15-9-14-26(42(32)44-39(34)24-38(33)43)25-20-21-31-30-13-4-8-19-40(30)45-41(31)22-25/h1-24H. The Labute approximate surface area is 263 Å². The van der Waals surface area contributed by atoms with Crippen LogP contribution in [0.1, 0.15) is 22.3 Å². The Morgan fingerprint density at radius 3 is 1.76 bits per heavy atom. The summed E-state index contributed by atoms with van der Waals surface area (Å²) in [5.41, 5.74) is 14.4. The van der Waals surface area contributed by atoms with E-state index in [1.165, 1.54) is 75.6 Å². The molecule has 0 fully saturated rings. The molecule has 0 amide bonds. The third-order valence-corrected chi connectivity index (χ3v) is 11.4. The number of hydrogen-bond acceptors (Lipinski definition) is 2. The summed E-state index contributed by atoms with van der Waals surface area (Å²) < 4.78 is 9.54. The fourth-order valence-corrected chi connectivity index (χ4v) is 9.65. The highest BCUT2D eigenvalue weighted by atomic mass is 32.1. The van der Waals surface area contributed by atoms with Crippen LogP contribution in [0.25, 0.3) is 75.5 Å². The summed E-state index contributed by atoms with van der Waals surface area (Å²) in [7, 11) is 0. The van der Waals surface area contributed by atoms with Crippen molar-refractivity contribution in [1.82, 2.24) is 0 Å². The first-order chi connectivity index (χ1) is 22.3. The van der Waals surface area contributed by atoms with Gasteiger partial charge in [-0.2, -0.15) is 0 Å². The lowest BCUT2D eigenvalue weighted by Gasteiger charge is -2.30. The molecule has 1 nitrogen and oxygen atoms in total. The van der Waals surface area contributed by atoms with Gasteiger partial charge in [-0.15, -0.1) is 11.3 Å². The van der Waals surface area contributed by atoms with E-state index in [0.29, 0.717) is 0 Å². The Hall–Kier alpha value is -5.44. The topological polar surface area (TPSA) is 13.1 Å². The van der Waals surface area contributed by atoms with E-state index >= 15 is 0 Å². The van der Waals surface area contributed by atoms with Gasteiger partial charge in [0.05, 0.1) is 5.41 Å². The number of benzene rings is 7. The second-order valence-electron chi connectivity index (χ2n) is 12.4. The maximum atomic E-state index is 6.92. The summed E-state index contributed by atoms with van der Waals surface area (Å²) in [6.45, 7) is 0. The van der Waals surface area contributed by atoms with Crippen LogP contribution in [0.3, 0.4) is 0 Å². The molecule has 208 valence electrons. The van der Waals surface area contributed by atoms with Gasteiger partial charge in [-0.25, -0.2) is 0 Å². The average molecular weight is 589 g/mol. The van der Waals surface area contributed by atoms with Gasteiger partial charge in [-0.05, 0) is 74.3 Å². The first-order valence-electron chi connectivity index (χ1n) is 15.5. The Kier molecular flexibility index (Phi) is 4.46. The van der Waals surface area contributed by atoms with E-state index in [4.69, 9.17) is 4.42 Å². The van der Waals surface area contributed by atoms with Crippen LogP contribution in [0.2, 0.25) is 0 Å². The monoisotopic (exact) mass is 588 g/mol. The van der Waals surface area contributed by atoms with E-state index in [0.717, 1.165) is 22.1 Å². The van der Waals surface area contributed by atoms with Gasteiger partial charge in [0.25, 0.3) is 0 Å². The number of furan rings is 1. The molecular weight excluding hydrogens is 565 g/mol. The van der Waals surface area contributed by atoms with E-state index < -0.39 is 0 Å². The van der Waals surface area contributed by atoms with Crippen LogP contribution in [0.5, 0.6) is 0 Å². The number of fused-ring (bicyclic) bond motifs is 16. The minimum absolute atomic E-state index is 0.374. The fourth-order valence-electron chi connectivity index (χ4n) is 8.50. The summed E-state index contributed by atoms with van der Waals surface area (Å²) in [6.07, 6.45) is 0. The highest BCUT2D eigenvalue weighted by molar-refractivity contribution is 7.25. The van der Waals surface area contributed by atoms with E-state index in [1.54, 1.807) is 0 Å². The van der Waals surface area contributed by atoms with Crippen LogP contribution < -0.4 is 0 Å². The Balaban J connectivity index is 1.20. The number of para-hydroxylation sites is 1. The maximum absolute atomic E-state index is 6.92. The van der Waals surface area contributed by atoms with Gasteiger partial charge in [0.2, 0.25) is 0 Å². The fraction of sp³-hybridized carbons (Fsp3) is 0.0233. The normalized spacial score (nSPS) is 14.0. The van der Waals surface area contributed by atoms with E-state index in [2.05, 4.69) is 146 Å². The molecule has 0 saturated heterocycles. The van der Waals surface area contributed by atoms with Crippen LogP contribution in [0.15, 0.2) is 150 Å². The second-order valence-corrected chi connectivity index (χ2v) is 13.5. The third-order valence-electron chi connectivity index (χ3n) is 10.3. The van der Waals surface area contributed by atoms with Crippen molar-refractivity contribution in [2.45, 2.75) is 5.41 Å². The molecule has 2 aliphatic carbocycles. The summed E-state index contributed by atoms with van der Waals surface area (Å²) in [6, 6.07) is 53.8. The first-order valence-corrected chi connectivity index (χ1v) is 16.3. The van der Waals surface area contributed by atoms with Gasteiger partial charge in [-0.3, -0.25) is 0 Å². The number of rotatable bonds is 1. The van der Waals surface area contributed by atoms with Gasteiger partial charge < -0.3 is 4.42 Å². The minimum atomic E-state index is -0.374. The van der Waals surface area contributed by atoms with Gasteiger partial charge in [0, 0.05) is 36.5 Å². The van der Waals surface area contributed by atoms with Crippen molar-refractivity contribution in [2.24, 2.45) is 0 Å². The zero-order valence-electron chi connectivity index (χ0n) is 24.2. The molecule has 2 heterocycles. The quantitative estimate of drug-likeness (QED) is 0.186. The number of hydrogen-bond donors (Lipinski definition) is 0. The Bertz CT molecular complexity index is 2670. The van der Waals surface area contributed by atoms with Crippen LogP contribution in [0, 0.1) is 0 Å². The Morgan fingerprint density at radius 2 is 1.00 bits per heavy atom. The molecule has 0 N–H and O–H groups in total. The molecule has 0 radical (unpaired) electrons. The lowest BCUT2D eigenvalue weighted by Crippen LogP contribution is -2.25. The molecule has 9 aromatic rings. The van der Waals surface area contributed by atoms with Crippen molar-refractivity contribution in [1.29, 1.82) is 0 Å². The number of thiophene rings is 1. The molecule has 7 aromatic carbocycles. The summed E-state index contributed by atoms with van der Waals surface area (Å²) >= 11 is 1.86. The SMILES string of the molecule is c1ccc2c(c1)-c1ccccc1C21c2ccccc2-c2cc3c(cc21)oc1c(-c2ccc4c(c2)sc2ccccc24)cccc13. The van der Waals surface area contributed by atoms with Gasteiger partial charge in [0.15, 0.2) is 0 Å². The van der Waals surface area contributed by atoms with E-state index in [-0.39, 0.29) is 5.41 Å². The van der Waals surface area contributed by atoms with Crippen LogP contribution in [-0.4, -0.2) is 0 Å². The average Bonchev–Trinajstić information content (AvgIpc) is 3.82. The Morgan fingerprint density at radius 1 is 0.400 bits per heavy atom. The van der Waals surface area contributed by atoms with Gasteiger partial charge in [0.1, 0.15) is 11.2 Å². The lowest BCUT2D eigenvalue weighted by atomic mass is 9.70. The van der Waals surface area contributed by atoms with Crippen molar-refractivity contribution in [2.75, 3.05) is 0 Å². The maximum Gasteiger partial charge on any atom is 0.143 e. The molecule has 2 aliphatic rings. The lowest BCUT2D eigenvalue weighted by molar-refractivity contribution is 0.667. The highest BCUT2D eigenvalue weighted by Gasteiger charge is 2.51. The van der Waals surface area contributed by atoms with E-state index in [1.807, 2.05) is 11.3 Å².